The monoisotopic (exact) mass is 353 g/mol. The number of hydrogen-bond acceptors (Lipinski definition) is 2. The third kappa shape index (κ3) is 1.92. The first-order valence-electron chi connectivity index (χ1n) is 7.24. The molecule has 2 aliphatic heterocycles. The second-order valence-electron chi connectivity index (χ2n) is 5.77. The number of nitrogens with zero attached hydrogens (tertiary/aromatic N) is 3. The lowest BCUT2D eigenvalue weighted by atomic mass is 10.1. The summed E-state index contributed by atoms with van der Waals surface area (Å²) in [6, 6.07) is 7.57. The Morgan fingerprint density at radius 2 is 2.15 bits per heavy atom. The predicted octanol–water partition coefficient (Wildman–Crippen LogP) is 3.95. The molecule has 0 aliphatic carbocycles. The van der Waals surface area contributed by atoms with Gasteiger partial charge in [-0.05, 0) is 44.0 Å². The highest BCUT2D eigenvalue weighted by Crippen LogP contribution is 2.39. The Hall–Kier alpha value is -0.580. The fourth-order valence-electron chi connectivity index (χ4n) is 3.94. The van der Waals surface area contributed by atoms with Crippen LogP contribution in [-0.4, -0.2) is 33.6 Å². The van der Waals surface area contributed by atoms with Crippen LogP contribution in [0.4, 0.5) is 0 Å². The Morgan fingerprint density at radius 3 is 3.00 bits per heavy atom. The number of imidazole rings is 1. The fourth-order valence-corrected chi connectivity index (χ4v) is 4.48. The first-order chi connectivity index (χ1) is 9.78. The molecule has 2 unspecified atom stereocenters. The molecule has 2 fully saturated rings. The molecule has 20 heavy (non-hydrogen) atoms. The average molecular weight is 355 g/mol. The molecule has 2 atom stereocenters. The van der Waals surface area contributed by atoms with E-state index in [1.54, 1.807) is 0 Å². The number of alkyl halides is 1. The standard InChI is InChI=1S/C15H17BrClN3/c16-10-3-4-12-11(8-10)18-15(9-17)20(12)14-5-7-19-6-1-2-13(14)19/h3-4,8,13-14H,1-2,5-7,9H2. The zero-order valence-corrected chi connectivity index (χ0v) is 13.6. The van der Waals surface area contributed by atoms with Gasteiger partial charge in [0, 0.05) is 17.1 Å². The Morgan fingerprint density at radius 1 is 1.25 bits per heavy atom. The van der Waals surface area contributed by atoms with Gasteiger partial charge in [-0.25, -0.2) is 4.98 Å². The van der Waals surface area contributed by atoms with E-state index < -0.39 is 0 Å². The van der Waals surface area contributed by atoms with Crippen LogP contribution in [-0.2, 0) is 5.88 Å². The molecular weight excluding hydrogens is 338 g/mol. The molecule has 2 aliphatic rings. The third-order valence-corrected chi connectivity index (χ3v) is 5.48. The van der Waals surface area contributed by atoms with Gasteiger partial charge in [-0.1, -0.05) is 15.9 Å². The summed E-state index contributed by atoms with van der Waals surface area (Å²) in [7, 11) is 0. The van der Waals surface area contributed by atoms with Crippen molar-refractivity contribution in [3.63, 3.8) is 0 Å². The summed E-state index contributed by atoms with van der Waals surface area (Å²) < 4.78 is 3.48. The van der Waals surface area contributed by atoms with Gasteiger partial charge in [-0.15, -0.1) is 11.6 Å². The van der Waals surface area contributed by atoms with Gasteiger partial charge in [0.2, 0.25) is 0 Å². The first-order valence-corrected chi connectivity index (χ1v) is 8.57. The quantitative estimate of drug-likeness (QED) is 0.762. The van der Waals surface area contributed by atoms with Crippen LogP contribution in [0.25, 0.3) is 11.0 Å². The number of rotatable bonds is 2. The van der Waals surface area contributed by atoms with Crippen molar-refractivity contribution in [1.82, 2.24) is 14.5 Å². The topological polar surface area (TPSA) is 21.1 Å². The molecule has 5 heteroatoms. The minimum Gasteiger partial charge on any atom is -0.322 e. The summed E-state index contributed by atoms with van der Waals surface area (Å²) in [5.41, 5.74) is 2.27. The van der Waals surface area contributed by atoms with Gasteiger partial charge in [-0.3, -0.25) is 4.90 Å². The molecule has 3 nitrogen and oxygen atoms in total. The van der Waals surface area contributed by atoms with Crippen molar-refractivity contribution in [2.24, 2.45) is 0 Å². The van der Waals surface area contributed by atoms with Crippen LogP contribution in [0.1, 0.15) is 31.1 Å². The molecule has 0 bridgehead atoms. The maximum absolute atomic E-state index is 6.16. The van der Waals surface area contributed by atoms with E-state index in [0.29, 0.717) is 18.0 Å². The van der Waals surface area contributed by atoms with Crippen LogP contribution in [0, 0.1) is 0 Å². The minimum atomic E-state index is 0.482. The van der Waals surface area contributed by atoms with E-state index in [9.17, 15) is 0 Å². The van der Waals surface area contributed by atoms with E-state index in [2.05, 4.69) is 43.6 Å². The number of benzene rings is 1. The van der Waals surface area contributed by atoms with Gasteiger partial charge < -0.3 is 4.57 Å². The molecule has 0 N–H and O–H groups in total. The fraction of sp³-hybridized carbons (Fsp3) is 0.533. The average Bonchev–Trinajstić information content (AvgIpc) is 3.10. The van der Waals surface area contributed by atoms with Crippen LogP contribution in [0.15, 0.2) is 22.7 Å². The van der Waals surface area contributed by atoms with Gasteiger partial charge >= 0.3 is 0 Å². The summed E-state index contributed by atoms with van der Waals surface area (Å²) >= 11 is 9.68. The summed E-state index contributed by atoms with van der Waals surface area (Å²) in [6.07, 6.45) is 3.86. The van der Waals surface area contributed by atoms with Crippen LogP contribution in [0.5, 0.6) is 0 Å². The number of halogens is 2. The Bertz CT molecular complexity index is 654. The normalized spacial score (nSPS) is 26.5. The maximum atomic E-state index is 6.16. The molecule has 0 radical (unpaired) electrons. The number of fused-ring (bicyclic) bond motifs is 2. The molecule has 3 heterocycles. The van der Waals surface area contributed by atoms with E-state index in [4.69, 9.17) is 16.6 Å². The molecule has 4 rings (SSSR count). The summed E-state index contributed by atoms with van der Waals surface area (Å²) in [6.45, 7) is 2.48. The van der Waals surface area contributed by atoms with Crippen molar-refractivity contribution in [3.8, 4) is 0 Å². The van der Waals surface area contributed by atoms with E-state index >= 15 is 0 Å². The molecule has 1 aromatic heterocycles. The third-order valence-electron chi connectivity index (χ3n) is 4.75. The minimum absolute atomic E-state index is 0.482. The van der Waals surface area contributed by atoms with Crippen molar-refractivity contribution in [1.29, 1.82) is 0 Å². The van der Waals surface area contributed by atoms with Gasteiger partial charge in [0.25, 0.3) is 0 Å². The van der Waals surface area contributed by atoms with Crippen LogP contribution < -0.4 is 0 Å². The lowest BCUT2D eigenvalue weighted by Crippen LogP contribution is -2.28. The van der Waals surface area contributed by atoms with Gasteiger partial charge in [0.05, 0.1) is 23.0 Å². The summed E-state index contributed by atoms with van der Waals surface area (Å²) in [5, 5.41) is 0. The second kappa shape index (κ2) is 5.00. The molecule has 106 valence electrons. The molecule has 0 saturated carbocycles. The van der Waals surface area contributed by atoms with E-state index in [-0.39, 0.29) is 0 Å². The Kier molecular flexibility index (Phi) is 3.28. The number of hydrogen-bond donors (Lipinski definition) is 0. The maximum Gasteiger partial charge on any atom is 0.125 e. The summed E-state index contributed by atoms with van der Waals surface area (Å²) in [4.78, 5) is 7.37. The molecular formula is C15H17BrClN3. The zero-order chi connectivity index (χ0) is 13.7. The smallest absolute Gasteiger partial charge is 0.125 e. The number of aromatic nitrogens is 2. The molecule has 2 saturated heterocycles. The molecule has 0 amide bonds. The van der Waals surface area contributed by atoms with Crippen LogP contribution >= 0.6 is 27.5 Å². The van der Waals surface area contributed by atoms with Gasteiger partial charge in [0.15, 0.2) is 0 Å². The highest BCUT2D eigenvalue weighted by Gasteiger charge is 2.39. The van der Waals surface area contributed by atoms with E-state index in [1.807, 2.05) is 0 Å². The van der Waals surface area contributed by atoms with Crippen LogP contribution in [0.2, 0.25) is 0 Å². The highest BCUT2D eigenvalue weighted by molar-refractivity contribution is 9.10. The Balaban J connectivity index is 1.85. The highest BCUT2D eigenvalue weighted by atomic mass is 79.9. The predicted molar refractivity (Wildman–Crippen MR) is 85.2 cm³/mol. The molecule has 0 spiro atoms. The van der Waals surface area contributed by atoms with Crippen molar-refractivity contribution < 1.29 is 0 Å². The SMILES string of the molecule is ClCc1nc2cc(Br)ccc2n1C1CCN2CCCC12. The van der Waals surface area contributed by atoms with Gasteiger partial charge in [0.1, 0.15) is 5.82 Å². The largest absolute Gasteiger partial charge is 0.322 e. The lowest BCUT2D eigenvalue weighted by Gasteiger charge is -2.23. The van der Waals surface area contributed by atoms with Crippen molar-refractivity contribution in [2.75, 3.05) is 13.1 Å². The van der Waals surface area contributed by atoms with Crippen LogP contribution in [0.3, 0.4) is 0 Å². The molecule has 1 aromatic carbocycles. The second-order valence-corrected chi connectivity index (χ2v) is 6.95. The molecule has 2 aromatic rings. The summed E-state index contributed by atoms with van der Waals surface area (Å²) in [5.74, 6) is 1.49. The van der Waals surface area contributed by atoms with Crippen molar-refractivity contribution in [2.45, 2.75) is 37.2 Å². The van der Waals surface area contributed by atoms with Gasteiger partial charge in [-0.2, -0.15) is 0 Å². The van der Waals surface area contributed by atoms with Crippen molar-refractivity contribution >= 4 is 38.6 Å². The zero-order valence-electron chi connectivity index (χ0n) is 11.2. The van der Waals surface area contributed by atoms with E-state index in [0.717, 1.165) is 15.8 Å². The van der Waals surface area contributed by atoms with E-state index in [1.165, 1.54) is 37.9 Å². The Labute approximate surface area is 132 Å². The van der Waals surface area contributed by atoms with Crippen molar-refractivity contribution in [3.05, 3.63) is 28.5 Å². The first kappa shape index (κ1) is 13.1. The lowest BCUT2D eigenvalue weighted by molar-refractivity contribution is 0.290.